The van der Waals surface area contributed by atoms with Gasteiger partial charge in [-0.05, 0) is 30.7 Å². The average molecular weight is 199 g/mol. The van der Waals surface area contributed by atoms with Crippen molar-refractivity contribution in [2.24, 2.45) is 0 Å². The lowest BCUT2D eigenvalue weighted by Crippen LogP contribution is -2.04. The van der Waals surface area contributed by atoms with E-state index in [0.717, 1.165) is 17.1 Å². The summed E-state index contributed by atoms with van der Waals surface area (Å²) in [6, 6.07) is 3.70. The highest BCUT2D eigenvalue weighted by Gasteiger charge is 2.30. The van der Waals surface area contributed by atoms with Crippen LogP contribution in [0.2, 0.25) is 0 Å². The van der Waals surface area contributed by atoms with Crippen LogP contribution in [0.25, 0.3) is 10.9 Å². The van der Waals surface area contributed by atoms with Gasteiger partial charge in [-0.1, -0.05) is 0 Å². The van der Waals surface area contributed by atoms with E-state index < -0.39 is 11.7 Å². The molecular weight excluding hydrogens is 191 g/mol. The van der Waals surface area contributed by atoms with Crippen molar-refractivity contribution in [3.63, 3.8) is 0 Å². The van der Waals surface area contributed by atoms with E-state index in [4.69, 9.17) is 0 Å². The smallest absolute Gasteiger partial charge is 0.361 e. The van der Waals surface area contributed by atoms with Crippen molar-refractivity contribution in [1.29, 1.82) is 0 Å². The largest absolute Gasteiger partial charge is 0.416 e. The van der Waals surface area contributed by atoms with Crippen molar-refractivity contribution < 1.29 is 13.2 Å². The summed E-state index contributed by atoms with van der Waals surface area (Å²) in [5.74, 6) is 0. The van der Waals surface area contributed by atoms with E-state index in [-0.39, 0.29) is 0 Å². The molecule has 2 aromatic rings. The van der Waals surface area contributed by atoms with E-state index in [0.29, 0.717) is 5.39 Å². The maximum Gasteiger partial charge on any atom is 0.416 e. The second kappa shape index (κ2) is 2.77. The molecule has 0 unspecified atom stereocenters. The number of nitrogens with one attached hydrogen (secondary N) is 1. The van der Waals surface area contributed by atoms with Crippen LogP contribution in [0.1, 0.15) is 11.1 Å². The molecule has 1 N–H and O–H groups in total. The third-order valence-electron chi connectivity index (χ3n) is 2.22. The lowest BCUT2D eigenvalue weighted by atomic mass is 10.1. The Hall–Kier alpha value is -1.45. The van der Waals surface area contributed by atoms with Gasteiger partial charge in [0.1, 0.15) is 0 Å². The van der Waals surface area contributed by atoms with Crippen LogP contribution in [0.15, 0.2) is 24.4 Å². The summed E-state index contributed by atoms with van der Waals surface area (Å²) >= 11 is 0. The number of benzene rings is 1. The lowest BCUT2D eigenvalue weighted by Gasteiger charge is -2.06. The highest BCUT2D eigenvalue weighted by atomic mass is 19.4. The van der Waals surface area contributed by atoms with Crippen LogP contribution in [-0.4, -0.2) is 4.98 Å². The number of alkyl halides is 3. The predicted molar refractivity (Wildman–Crippen MR) is 48.0 cm³/mol. The van der Waals surface area contributed by atoms with Crippen LogP contribution >= 0.6 is 0 Å². The molecule has 0 fully saturated rings. The quantitative estimate of drug-likeness (QED) is 0.668. The van der Waals surface area contributed by atoms with Crippen LogP contribution in [0, 0.1) is 6.92 Å². The highest BCUT2D eigenvalue weighted by molar-refractivity contribution is 5.83. The maximum absolute atomic E-state index is 12.3. The molecule has 0 aliphatic carbocycles. The molecule has 74 valence electrons. The molecule has 1 aromatic carbocycles. The molecule has 0 atom stereocenters. The summed E-state index contributed by atoms with van der Waals surface area (Å²) < 4.78 is 37.0. The first-order chi connectivity index (χ1) is 6.48. The van der Waals surface area contributed by atoms with Gasteiger partial charge >= 0.3 is 6.18 Å². The van der Waals surface area contributed by atoms with Gasteiger partial charge in [0.25, 0.3) is 0 Å². The van der Waals surface area contributed by atoms with Crippen molar-refractivity contribution in [2.45, 2.75) is 13.1 Å². The predicted octanol–water partition coefficient (Wildman–Crippen LogP) is 3.50. The number of hydrogen-bond acceptors (Lipinski definition) is 0. The Morgan fingerprint density at radius 2 is 1.93 bits per heavy atom. The summed E-state index contributed by atoms with van der Waals surface area (Å²) in [5, 5.41) is 0.625. The second-order valence-corrected chi connectivity index (χ2v) is 3.23. The van der Waals surface area contributed by atoms with E-state index in [1.165, 1.54) is 12.1 Å². The molecule has 0 saturated heterocycles. The third-order valence-corrected chi connectivity index (χ3v) is 2.22. The summed E-state index contributed by atoms with van der Waals surface area (Å²) in [7, 11) is 0. The fourth-order valence-corrected chi connectivity index (χ4v) is 1.44. The zero-order valence-corrected chi connectivity index (χ0v) is 7.44. The van der Waals surface area contributed by atoms with Crippen LogP contribution in [0.5, 0.6) is 0 Å². The van der Waals surface area contributed by atoms with Crippen molar-refractivity contribution in [2.75, 3.05) is 0 Å². The van der Waals surface area contributed by atoms with Gasteiger partial charge in [-0.25, -0.2) is 0 Å². The first-order valence-electron chi connectivity index (χ1n) is 4.13. The van der Waals surface area contributed by atoms with E-state index in [1.807, 2.05) is 0 Å². The van der Waals surface area contributed by atoms with E-state index >= 15 is 0 Å². The molecule has 0 spiro atoms. The number of aryl methyl sites for hydroxylation is 1. The van der Waals surface area contributed by atoms with Gasteiger partial charge in [0.05, 0.1) is 5.56 Å². The standard InChI is InChI=1S/C10H8F3N/c1-6-5-14-9-3-2-7(4-8(6)9)10(11,12)13/h2-5,14H,1H3. The fraction of sp³-hybridized carbons (Fsp3) is 0.200. The van der Waals surface area contributed by atoms with Gasteiger partial charge in [0.2, 0.25) is 0 Å². The Labute approximate surface area is 78.5 Å². The van der Waals surface area contributed by atoms with E-state index in [1.54, 1.807) is 13.1 Å². The number of fused-ring (bicyclic) bond motifs is 1. The molecule has 2 rings (SSSR count). The normalized spacial score (nSPS) is 12.3. The molecular formula is C10H8F3N. The number of halogens is 3. The Kier molecular flexibility index (Phi) is 1.80. The SMILES string of the molecule is Cc1c[nH]c2ccc(C(F)(F)F)cc12. The molecule has 1 aromatic heterocycles. The number of aromatic nitrogens is 1. The second-order valence-electron chi connectivity index (χ2n) is 3.23. The van der Waals surface area contributed by atoms with Gasteiger partial charge in [-0.2, -0.15) is 13.2 Å². The highest BCUT2D eigenvalue weighted by Crippen LogP contribution is 2.31. The van der Waals surface area contributed by atoms with Gasteiger partial charge in [-0.3, -0.25) is 0 Å². The van der Waals surface area contributed by atoms with Crippen LogP contribution in [0.4, 0.5) is 13.2 Å². The first-order valence-corrected chi connectivity index (χ1v) is 4.13. The fourth-order valence-electron chi connectivity index (χ4n) is 1.44. The minimum atomic E-state index is -4.27. The lowest BCUT2D eigenvalue weighted by molar-refractivity contribution is -0.137. The monoisotopic (exact) mass is 199 g/mol. The molecule has 0 saturated carbocycles. The summed E-state index contributed by atoms with van der Waals surface area (Å²) in [6.07, 6.45) is -2.57. The Morgan fingerprint density at radius 3 is 2.57 bits per heavy atom. The summed E-state index contributed by atoms with van der Waals surface area (Å²) in [5.41, 5.74) is 0.953. The molecule has 0 aliphatic rings. The van der Waals surface area contributed by atoms with E-state index in [9.17, 15) is 13.2 Å². The number of aromatic amines is 1. The first kappa shape index (κ1) is 9.12. The van der Waals surface area contributed by atoms with Crippen LogP contribution in [0.3, 0.4) is 0 Å². The molecule has 1 nitrogen and oxygen atoms in total. The number of rotatable bonds is 0. The van der Waals surface area contributed by atoms with Gasteiger partial charge in [0, 0.05) is 17.1 Å². The molecule has 0 bridgehead atoms. The Bertz CT molecular complexity index is 468. The van der Waals surface area contributed by atoms with Gasteiger partial charge in [0.15, 0.2) is 0 Å². The Balaban J connectivity index is 2.66. The van der Waals surface area contributed by atoms with Gasteiger partial charge < -0.3 is 4.98 Å². The van der Waals surface area contributed by atoms with Crippen molar-refractivity contribution >= 4 is 10.9 Å². The third kappa shape index (κ3) is 1.36. The zero-order valence-electron chi connectivity index (χ0n) is 7.44. The van der Waals surface area contributed by atoms with Crippen LogP contribution < -0.4 is 0 Å². The average Bonchev–Trinajstić information content (AvgIpc) is 2.46. The van der Waals surface area contributed by atoms with Gasteiger partial charge in [-0.15, -0.1) is 0 Å². The van der Waals surface area contributed by atoms with Crippen molar-refractivity contribution in [3.05, 3.63) is 35.5 Å². The molecule has 4 heteroatoms. The minimum absolute atomic E-state index is 0.604. The van der Waals surface area contributed by atoms with E-state index in [2.05, 4.69) is 4.98 Å². The number of H-pyrrole nitrogens is 1. The molecule has 1 heterocycles. The minimum Gasteiger partial charge on any atom is -0.361 e. The summed E-state index contributed by atoms with van der Waals surface area (Å²) in [4.78, 5) is 2.90. The van der Waals surface area contributed by atoms with Crippen molar-refractivity contribution in [3.8, 4) is 0 Å². The molecule has 14 heavy (non-hydrogen) atoms. The molecule has 0 amide bonds. The maximum atomic E-state index is 12.3. The summed E-state index contributed by atoms with van der Waals surface area (Å²) in [6.45, 7) is 1.78. The number of hydrogen-bond donors (Lipinski definition) is 1. The zero-order chi connectivity index (χ0) is 10.3. The topological polar surface area (TPSA) is 15.8 Å². The molecule has 0 aliphatic heterocycles. The Morgan fingerprint density at radius 1 is 1.21 bits per heavy atom. The van der Waals surface area contributed by atoms with Crippen LogP contribution in [-0.2, 0) is 6.18 Å². The van der Waals surface area contributed by atoms with Crippen molar-refractivity contribution in [1.82, 2.24) is 4.98 Å². The molecule has 0 radical (unpaired) electrons.